The molecule has 3 nitrogen and oxygen atoms in total. The van der Waals surface area contributed by atoms with Crippen molar-refractivity contribution in [2.75, 3.05) is 20.3 Å². The lowest BCUT2D eigenvalue weighted by Gasteiger charge is -2.44. The molecule has 1 saturated heterocycles. The molecule has 1 aliphatic heterocycles. The van der Waals surface area contributed by atoms with Crippen molar-refractivity contribution in [3.63, 3.8) is 0 Å². The van der Waals surface area contributed by atoms with Gasteiger partial charge < -0.3 is 15.2 Å². The number of hydrogen-bond donors (Lipinski definition) is 2. The molecule has 0 bridgehead atoms. The third-order valence-corrected chi connectivity index (χ3v) is 2.96. The third kappa shape index (κ3) is 2.66. The van der Waals surface area contributed by atoms with Crippen LogP contribution >= 0.6 is 0 Å². The molecule has 0 spiro atoms. The average molecular weight is 187 g/mol. The predicted molar refractivity (Wildman–Crippen MR) is 52.8 cm³/mol. The van der Waals surface area contributed by atoms with Gasteiger partial charge in [-0.15, -0.1) is 0 Å². The molecule has 1 rings (SSSR count). The smallest absolute Gasteiger partial charge is 0.0644 e. The minimum absolute atomic E-state index is 0.0591. The summed E-state index contributed by atoms with van der Waals surface area (Å²) in [6.07, 6.45) is 2.78. The van der Waals surface area contributed by atoms with Crippen LogP contribution < -0.4 is 5.32 Å². The lowest BCUT2D eigenvalue weighted by molar-refractivity contribution is -0.0901. The molecule has 1 fully saturated rings. The number of aliphatic hydroxyl groups is 1. The Kier molecular flexibility index (Phi) is 3.33. The van der Waals surface area contributed by atoms with E-state index in [1.54, 1.807) is 0 Å². The highest BCUT2D eigenvalue weighted by Crippen LogP contribution is 2.33. The molecule has 1 heterocycles. The lowest BCUT2D eigenvalue weighted by Crippen LogP contribution is -2.53. The molecule has 0 saturated carbocycles. The van der Waals surface area contributed by atoms with Crippen molar-refractivity contribution < 1.29 is 9.84 Å². The Labute approximate surface area is 80.5 Å². The van der Waals surface area contributed by atoms with Gasteiger partial charge in [0.05, 0.1) is 5.60 Å². The molecule has 1 atom stereocenters. The summed E-state index contributed by atoms with van der Waals surface area (Å²) in [5, 5.41) is 12.3. The van der Waals surface area contributed by atoms with Crippen molar-refractivity contribution in [1.29, 1.82) is 0 Å². The summed E-state index contributed by atoms with van der Waals surface area (Å²) >= 11 is 0. The maximum Gasteiger partial charge on any atom is 0.0644 e. The summed E-state index contributed by atoms with van der Waals surface area (Å²) in [5.74, 6) is 0. The Hall–Kier alpha value is -0.120. The van der Waals surface area contributed by atoms with Gasteiger partial charge in [0, 0.05) is 18.8 Å². The van der Waals surface area contributed by atoms with Gasteiger partial charge in [-0.1, -0.05) is 0 Å². The topological polar surface area (TPSA) is 41.5 Å². The molecular weight excluding hydrogens is 166 g/mol. The van der Waals surface area contributed by atoms with Crippen molar-refractivity contribution in [3.05, 3.63) is 0 Å². The largest absolute Gasteiger partial charge is 0.396 e. The predicted octanol–water partition coefficient (Wildman–Crippen LogP) is 0.916. The van der Waals surface area contributed by atoms with Gasteiger partial charge in [-0.3, -0.25) is 0 Å². The van der Waals surface area contributed by atoms with Gasteiger partial charge in [0.1, 0.15) is 0 Å². The van der Waals surface area contributed by atoms with E-state index in [0.29, 0.717) is 0 Å². The monoisotopic (exact) mass is 187 g/mol. The SMILES string of the molecule is CNC1(CCO)CCOC(C)(C)C1. The zero-order valence-electron chi connectivity index (χ0n) is 8.89. The fourth-order valence-corrected chi connectivity index (χ4v) is 2.24. The first-order valence-electron chi connectivity index (χ1n) is 4.97. The minimum atomic E-state index is -0.0591. The fraction of sp³-hybridized carbons (Fsp3) is 1.00. The Bertz CT molecular complexity index is 166. The van der Waals surface area contributed by atoms with Gasteiger partial charge in [-0.05, 0) is 40.2 Å². The first kappa shape index (κ1) is 11.0. The van der Waals surface area contributed by atoms with Crippen LogP contribution in [0.15, 0.2) is 0 Å². The molecule has 13 heavy (non-hydrogen) atoms. The lowest BCUT2D eigenvalue weighted by atomic mass is 9.79. The van der Waals surface area contributed by atoms with Crippen molar-refractivity contribution in [2.24, 2.45) is 0 Å². The minimum Gasteiger partial charge on any atom is -0.396 e. The Morgan fingerprint density at radius 1 is 1.46 bits per heavy atom. The summed E-state index contributed by atoms with van der Waals surface area (Å²) in [4.78, 5) is 0. The highest BCUT2D eigenvalue weighted by molar-refractivity contribution is 4.95. The van der Waals surface area contributed by atoms with Gasteiger partial charge >= 0.3 is 0 Å². The highest BCUT2D eigenvalue weighted by Gasteiger charge is 2.39. The van der Waals surface area contributed by atoms with Gasteiger partial charge in [0.25, 0.3) is 0 Å². The molecule has 1 unspecified atom stereocenters. The van der Waals surface area contributed by atoms with Crippen LogP contribution in [0, 0.1) is 0 Å². The van der Waals surface area contributed by atoms with Crippen LogP contribution in [0.2, 0.25) is 0 Å². The summed E-state index contributed by atoms with van der Waals surface area (Å²) in [6.45, 7) is 5.25. The van der Waals surface area contributed by atoms with Crippen LogP contribution in [0.25, 0.3) is 0 Å². The number of hydrogen-bond acceptors (Lipinski definition) is 3. The third-order valence-electron chi connectivity index (χ3n) is 2.96. The van der Waals surface area contributed by atoms with Crippen LogP contribution in [0.5, 0.6) is 0 Å². The second-order valence-corrected chi connectivity index (χ2v) is 4.54. The van der Waals surface area contributed by atoms with Crippen molar-refractivity contribution >= 4 is 0 Å². The zero-order valence-corrected chi connectivity index (χ0v) is 8.89. The van der Waals surface area contributed by atoms with Gasteiger partial charge in [0.15, 0.2) is 0 Å². The Balaban J connectivity index is 2.64. The van der Waals surface area contributed by atoms with E-state index >= 15 is 0 Å². The Morgan fingerprint density at radius 3 is 2.62 bits per heavy atom. The maximum absolute atomic E-state index is 9.00. The van der Waals surface area contributed by atoms with E-state index in [1.165, 1.54) is 0 Å². The van der Waals surface area contributed by atoms with Crippen LogP contribution in [0.4, 0.5) is 0 Å². The first-order valence-corrected chi connectivity index (χ1v) is 4.97. The highest BCUT2D eigenvalue weighted by atomic mass is 16.5. The first-order chi connectivity index (χ1) is 6.04. The van der Waals surface area contributed by atoms with Crippen LogP contribution in [0.1, 0.15) is 33.1 Å². The normalized spacial score (nSPS) is 33.2. The molecule has 0 amide bonds. The number of ether oxygens (including phenoxy) is 1. The van der Waals surface area contributed by atoms with Crippen molar-refractivity contribution in [3.8, 4) is 0 Å². The number of aliphatic hydroxyl groups excluding tert-OH is 1. The average Bonchev–Trinajstić information content (AvgIpc) is 2.03. The molecule has 0 aromatic heterocycles. The molecule has 2 N–H and O–H groups in total. The van der Waals surface area contributed by atoms with Crippen LogP contribution in [0.3, 0.4) is 0 Å². The number of rotatable bonds is 3. The summed E-state index contributed by atoms with van der Waals surface area (Å²) in [5.41, 5.74) is 0.0208. The van der Waals surface area contributed by atoms with E-state index in [-0.39, 0.29) is 17.7 Å². The van der Waals surface area contributed by atoms with E-state index in [0.717, 1.165) is 25.9 Å². The molecule has 0 radical (unpaired) electrons. The summed E-state index contributed by atoms with van der Waals surface area (Å²) in [7, 11) is 1.97. The maximum atomic E-state index is 9.00. The van der Waals surface area contributed by atoms with E-state index in [4.69, 9.17) is 9.84 Å². The zero-order chi connectivity index (χ0) is 9.95. The Morgan fingerprint density at radius 2 is 2.15 bits per heavy atom. The van der Waals surface area contributed by atoms with Gasteiger partial charge in [-0.2, -0.15) is 0 Å². The number of nitrogens with one attached hydrogen (secondary N) is 1. The van der Waals surface area contributed by atoms with E-state index < -0.39 is 0 Å². The summed E-state index contributed by atoms with van der Waals surface area (Å²) < 4.78 is 5.65. The van der Waals surface area contributed by atoms with Crippen molar-refractivity contribution in [2.45, 2.75) is 44.2 Å². The van der Waals surface area contributed by atoms with Crippen LogP contribution in [-0.2, 0) is 4.74 Å². The summed E-state index contributed by atoms with van der Waals surface area (Å²) in [6, 6.07) is 0. The van der Waals surface area contributed by atoms with Gasteiger partial charge in [0.2, 0.25) is 0 Å². The van der Waals surface area contributed by atoms with Gasteiger partial charge in [-0.25, -0.2) is 0 Å². The molecule has 1 aliphatic rings. The standard InChI is InChI=1S/C10H21NO2/c1-9(2)8-10(11-3,4-6-12)5-7-13-9/h11-12H,4-8H2,1-3H3. The van der Waals surface area contributed by atoms with E-state index in [9.17, 15) is 0 Å². The second-order valence-electron chi connectivity index (χ2n) is 4.54. The van der Waals surface area contributed by atoms with E-state index in [1.807, 2.05) is 7.05 Å². The fourth-order valence-electron chi connectivity index (χ4n) is 2.24. The quantitative estimate of drug-likeness (QED) is 0.690. The molecule has 0 aliphatic carbocycles. The molecule has 0 aromatic carbocycles. The van der Waals surface area contributed by atoms with Crippen molar-refractivity contribution in [1.82, 2.24) is 5.32 Å². The molecule has 3 heteroatoms. The molecule has 0 aromatic rings. The molecular formula is C10H21NO2. The van der Waals surface area contributed by atoms with Crippen LogP contribution in [-0.4, -0.2) is 36.5 Å². The second kappa shape index (κ2) is 3.95. The van der Waals surface area contributed by atoms with E-state index in [2.05, 4.69) is 19.2 Å². The molecule has 78 valence electrons.